The summed E-state index contributed by atoms with van der Waals surface area (Å²) in [5.41, 5.74) is 7.44. The highest BCUT2D eigenvalue weighted by molar-refractivity contribution is 6.34. The van der Waals surface area contributed by atoms with E-state index in [9.17, 15) is 4.79 Å². The number of para-hydroxylation sites is 1. The molecular weight excluding hydrogens is 455 g/mol. The molecule has 0 fully saturated rings. The normalized spacial score (nSPS) is 10.9. The number of benzene rings is 4. The molecule has 0 aliphatic carbocycles. The van der Waals surface area contributed by atoms with Crippen molar-refractivity contribution in [3.63, 3.8) is 0 Å². The summed E-state index contributed by atoms with van der Waals surface area (Å²) in [6.45, 7) is 0. The smallest absolute Gasteiger partial charge is 0.325 e. The lowest BCUT2D eigenvalue weighted by Gasteiger charge is -2.19. The van der Waals surface area contributed by atoms with E-state index in [1.54, 1.807) is 30.3 Å². The van der Waals surface area contributed by atoms with Gasteiger partial charge in [-0.05, 0) is 48.0 Å². The minimum atomic E-state index is -0.776. The molecular formula is C26H18ClFN4O2. The Hall–Kier alpha value is -4.36. The fourth-order valence-electron chi connectivity index (χ4n) is 3.72. The van der Waals surface area contributed by atoms with Crippen molar-refractivity contribution in [2.24, 2.45) is 5.73 Å². The average Bonchev–Trinajstić information content (AvgIpc) is 3.27. The number of H-pyrrole nitrogens is 1. The van der Waals surface area contributed by atoms with Crippen LogP contribution in [-0.2, 0) is 0 Å². The summed E-state index contributed by atoms with van der Waals surface area (Å²) in [5, 5.41) is 7.16. The molecule has 0 aliphatic heterocycles. The number of primary amides is 1. The van der Waals surface area contributed by atoms with E-state index in [2.05, 4.69) is 10.2 Å². The number of halogens is 2. The van der Waals surface area contributed by atoms with Crippen LogP contribution in [0.2, 0.25) is 5.02 Å². The van der Waals surface area contributed by atoms with Crippen molar-refractivity contribution in [1.82, 2.24) is 10.2 Å². The van der Waals surface area contributed by atoms with Crippen molar-refractivity contribution < 1.29 is 13.9 Å². The highest BCUT2D eigenvalue weighted by atomic mass is 35.5. The highest BCUT2D eigenvalue weighted by Gasteiger charge is 2.24. The standard InChI is InChI=1S/C26H18ClFN4O2/c27-22-20(16-7-3-1-4-8-16)15-21-24(23(22)28)30-31-25(21)32(26(29)33)17-11-13-19(14-12-17)34-18-9-5-2-6-10-18/h1-15H,(H2,29,33)(H,30,31). The second-order valence-electron chi connectivity index (χ2n) is 7.47. The third-order valence-electron chi connectivity index (χ3n) is 5.31. The highest BCUT2D eigenvalue weighted by Crippen LogP contribution is 2.39. The molecule has 0 atom stereocenters. The molecule has 0 spiro atoms. The van der Waals surface area contributed by atoms with Gasteiger partial charge in [0.15, 0.2) is 11.6 Å². The Morgan fingerprint density at radius 1 is 0.941 bits per heavy atom. The lowest BCUT2D eigenvalue weighted by molar-refractivity contribution is 0.256. The SMILES string of the molecule is NC(=O)N(c1ccc(Oc2ccccc2)cc1)c1n[nH]c2c(F)c(Cl)c(-c3ccccc3)cc12. The second kappa shape index (κ2) is 8.88. The first-order chi connectivity index (χ1) is 16.5. The number of aromatic amines is 1. The first kappa shape index (κ1) is 21.5. The van der Waals surface area contributed by atoms with Crippen molar-refractivity contribution >= 4 is 40.0 Å². The number of amides is 2. The molecule has 0 aliphatic rings. The van der Waals surface area contributed by atoms with Gasteiger partial charge in [0.05, 0.1) is 10.7 Å². The zero-order valence-electron chi connectivity index (χ0n) is 17.7. The summed E-state index contributed by atoms with van der Waals surface area (Å²) in [4.78, 5) is 13.7. The zero-order chi connectivity index (χ0) is 23.7. The first-order valence-electron chi connectivity index (χ1n) is 10.4. The van der Waals surface area contributed by atoms with Gasteiger partial charge in [0.2, 0.25) is 0 Å². The molecule has 0 saturated carbocycles. The van der Waals surface area contributed by atoms with Crippen molar-refractivity contribution in [3.05, 3.63) is 102 Å². The van der Waals surface area contributed by atoms with Gasteiger partial charge in [-0.2, -0.15) is 5.10 Å². The number of carbonyl (C=O) groups is 1. The van der Waals surface area contributed by atoms with Crippen LogP contribution in [-0.4, -0.2) is 16.2 Å². The van der Waals surface area contributed by atoms with Gasteiger partial charge in [0, 0.05) is 10.9 Å². The van der Waals surface area contributed by atoms with E-state index >= 15 is 4.39 Å². The number of carbonyl (C=O) groups excluding carboxylic acids is 1. The van der Waals surface area contributed by atoms with Gasteiger partial charge in [0.25, 0.3) is 0 Å². The van der Waals surface area contributed by atoms with Gasteiger partial charge in [-0.15, -0.1) is 0 Å². The van der Waals surface area contributed by atoms with Gasteiger partial charge >= 0.3 is 6.03 Å². The van der Waals surface area contributed by atoms with Crippen LogP contribution in [0, 0.1) is 5.82 Å². The van der Waals surface area contributed by atoms with Crippen LogP contribution in [0.5, 0.6) is 11.5 Å². The summed E-state index contributed by atoms with van der Waals surface area (Å²) in [6.07, 6.45) is 0. The van der Waals surface area contributed by atoms with E-state index in [0.29, 0.717) is 28.1 Å². The third kappa shape index (κ3) is 3.93. The number of nitrogens with one attached hydrogen (secondary N) is 1. The van der Waals surface area contributed by atoms with Crippen LogP contribution in [0.1, 0.15) is 0 Å². The molecule has 8 heteroatoms. The van der Waals surface area contributed by atoms with Gasteiger partial charge < -0.3 is 10.5 Å². The van der Waals surface area contributed by atoms with Crippen molar-refractivity contribution in [1.29, 1.82) is 0 Å². The van der Waals surface area contributed by atoms with Crippen LogP contribution in [0.25, 0.3) is 22.0 Å². The van der Waals surface area contributed by atoms with E-state index < -0.39 is 11.8 Å². The molecule has 6 nitrogen and oxygen atoms in total. The predicted molar refractivity (Wildman–Crippen MR) is 131 cm³/mol. The number of aromatic nitrogens is 2. The van der Waals surface area contributed by atoms with E-state index in [0.717, 1.165) is 5.56 Å². The molecule has 34 heavy (non-hydrogen) atoms. The Morgan fingerprint density at radius 2 is 1.56 bits per heavy atom. The van der Waals surface area contributed by atoms with Crippen LogP contribution >= 0.6 is 11.6 Å². The quantitative estimate of drug-likeness (QED) is 0.288. The van der Waals surface area contributed by atoms with Gasteiger partial charge in [-0.1, -0.05) is 60.1 Å². The van der Waals surface area contributed by atoms with Gasteiger partial charge in [-0.25, -0.2) is 14.1 Å². The number of urea groups is 1. The number of hydrogen-bond acceptors (Lipinski definition) is 3. The molecule has 168 valence electrons. The monoisotopic (exact) mass is 472 g/mol. The Bertz CT molecular complexity index is 1470. The maximum absolute atomic E-state index is 15.1. The Kier molecular flexibility index (Phi) is 5.61. The molecule has 0 bridgehead atoms. The molecule has 0 saturated heterocycles. The lowest BCUT2D eigenvalue weighted by Crippen LogP contribution is -2.31. The second-order valence-corrected chi connectivity index (χ2v) is 7.85. The van der Waals surface area contributed by atoms with Crippen LogP contribution < -0.4 is 15.4 Å². The van der Waals surface area contributed by atoms with E-state index in [4.69, 9.17) is 22.1 Å². The Balaban J connectivity index is 1.57. The molecule has 4 aromatic carbocycles. The predicted octanol–water partition coefficient (Wildman–Crippen LogP) is 7.03. The molecule has 0 unspecified atom stereocenters. The van der Waals surface area contributed by atoms with Crippen LogP contribution in [0.3, 0.4) is 0 Å². The molecule has 3 N–H and O–H groups in total. The number of ether oxygens (including phenoxy) is 1. The van der Waals surface area contributed by atoms with Crippen LogP contribution in [0.15, 0.2) is 91.0 Å². The third-order valence-corrected chi connectivity index (χ3v) is 5.68. The summed E-state index contributed by atoms with van der Waals surface area (Å²) < 4.78 is 20.9. The fraction of sp³-hybridized carbons (Fsp3) is 0. The minimum absolute atomic E-state index is 0.0399. The first-order valence-corrected chi connectivity index (χ1v) is 10.7. The summed E-state index contributed by atoms with van der Waals surface area (Å²) in [6, 6.07) is 26.2. The molecule has 5 aromatic rings. The van der Waals surface area contributed by atoms with E-state index in [1.165, 1.54) is 4.90 Å². The number of hydrogen-bond donors (Lipinski definition) is 2. The molecule has 5 rings (SSSR count). The maximum Gasteiger partial charge on any atom is 0.325 e. The maximum atomic E-state index is 15.1. The number of anilines is 2. The Labute approximate surface area is 199 Å². The number of fused-ring (bicyclic) bond motifs is 1. The summed E-state index contributed by atoms with van der Waals surface area (Å²) >= 11 is 6.32. The average molecular weight is 473 g/mol. The largest absolute Gasteiger partial charge is 0.457 e. The van der Waals surface area contributed by atoms with Gasteiger partial charge in [0.1, 0.15) is 17.0 Å². The molecule has 1 aromatic heterocycles. The zero-order valence-corrected chi connectivity index (χ0v) is 18.5. The summed E-state index contributed by atoms with van der Waals surface area (Å²) in [7, 11) is 0. The number of nitrogens with zero attached hydrogens (tertiary/aromatic N) is 2. The molecule has 0 radical (unpaired) electrons. The van der Waals surface area contributed by atoms with E-state index in [-0.39, 0.29) is 16.4 Å². The van der Waals surface area contributed by atoms with Crippen molar-refractivity contribution in [2.75, 3.05) is 4.90 Å². The number of nitrogens with two attached hydrogens (primary N) is 1. The molecule has 1 heterocycles. The van der Waals surface area contributed by atoms with Crippen molar-refractivity contribution in [3.8, 4) is 22.6 Å². The topological polar surface area (TPSA) is 84.2 Å². The number of rotatable bonds is 5. The van der Waals surface area contributed by atoms with Crippen molar-refractivity contribution in [2.45, 2.75) is 0 Å². The van der Waals surface area contributed by atoms with E-state index in [1.807, 2.05) is 60.7 Å². The van der Waals surface area contributed by atoms with Gasteiger partial charge in [-0.3, -0.25) is 5.10 Å². The molecule has 2 amide bonds. The minimum Gasteiger partial charge on any atom is -0.457 e. The summed E-state index contributed by atoms with van der Waals surface area (Å²) in [5.74, 6) is 0.760. The Morgan fingerprint density at radius 3 is 2.21 bits per heavy atom. The fourth-order valence-corrected chi connectivity index (χ4v) is 3.98. The van der Waals surface area contributed by atoms with Crippen LogP contribution in [0.4, 0.5) is 20.7 Å². The lowest BCUT2D eigenvalue weighted by atomic mass is 10.0.